The van der Waals surface area contributed by atoms with Crippen LogP contribution in [0.5, 0.6) is 0 Å². The van der Waals surface area contributed by atoms with Crippen LogP contribution in [0.3, 0.4) is 0 Å². The summed E-state index contributed by atoms with van der Waals surface area (Å²) in [5.41, 5.74) is -0.708. The first-order valence-corrected chi connectivity index (χ1v) is 6.26. The van der Waals surface area contributed by atoms with Crippen LogP contribution in [0.4, 0.5) is 10.2 Å². The number of rotatable bonds is 3. The van der Waals surface area contributed by atoms with Gasteiger partial charge in [-0.2, -0.15) is 0 Å². The van der Waals surface area contributed by atoms with Gasteiger partial charge >= 0.3 is 0 Å². The Hall–Kier alpha value is -1.16. The van der Waals surface area contributed by atoms with E-state index in [1.165, 1.54) is 18.9 Å². The topological polar surface area (TPSA) is 45.1 Å². The number of hydrogen-bond donors (Lipinski definition) is 2. The molecule has 0 radical (unpaired) electrons. The van der Waals surface area contributed by atoms with Crippen LogP contribution in [0, 0.1) is 5.82 Å². The molecule has 0 spiro atoms. The van der Waals surface area contributed by atoms with Gasteiger partial charge in [0, 0.05) is 12.7 Å². The first-order chi connectivity index (χ1) is 8.20. The smallest absolute Gasteiger partial charge is 0.165 e. The summed E-state index contributed by atoms with van der Waals surface area (Å²) in [5, 5.41) is 13.3. The van der Waals surface area contributed by atoms with E-state index in [0.29, 0.717) is 6.54 Å². The van der Waals surface area contributed by atoms with E-state index in [2.05, 4.69) is 10.3 Å². The fourth-order valence-electron chi connectivity index (χ4n) is 2.33. The zero-order valence-corrected chi connectivity index (χ0v) is 9.95. The predicted molar refractivity (Wildman–Crippen MR) is 65.3 cm³/mol. The molecule has 1 fully saturated rings. The van der Waals surface area contributed by atoms with E-state index in [0.717, 1.165) is 25.7 Å². The van der Waals surface area contributed by atoms with Crippen molar-refractivity contribution in [3.8, 4) is 0 Å². The highest BCUT2D eigenvalue weighted by molar-refractivity contribution is 5.35. The number of halogens is 1. The van der Waals surface area contributed by atoms with E-state index < -0.39 is 5.60 Å². The van der Waals surface area contributed by atoms with Gasteiger partial charge < -0.3 is 10.4 Å². The molecule has 0 aromatic carbocycles. The zero-order chi connectivity index (χ0) is 12.1. The normalized spacial score (nSPS) is 19.6. The number of aromatic nitrogens is 1. The van der Waals surface area contributed by atoms with Gasteiger partial charge in [0.05, 0.1) is 5.60 Å². The zero-order valence-electron chi connectivity index (χ0n) is 9.95. The summed E-state index contributed by atoms with van der Waals surface area (Å²) in [4.78, 5) is 3.92. The molecule has 1 aromatic heterocycles. The Morgan fingerprint density at radius 1 is 1.29 bits per heavy atom. The average molecular weight is 238 g/mol. The maximum atomic E-state index is 13.3. The number of nitrogens with one attached hydrogen (secondary N) is 1. The van der Waals surface area contributed by atoms with Crippen LogP contribution < -0.4 is 5.32 Å². The average Bonchev–Trinajstić information content (AvgIpc) is 2.54. The molecule has 0 amide bonds. The Labute approximate surface area is 101 Å². The fourth-order valence-corrected chi connectivity index (χ4v) is 2.33. The lowest BCUT2D eigenvalue weighted by molar-refractivity contribution is 0.0380. The summed E-state index contributed by atoms with van der Waals surface area (Å²) in [6.45, 7) is 0.376. The Kier molecular flexibility index (Phi) is 3.94. The molecule has 1 heterocycles. The van der Waals surface area contributed by atoms with E-state index in [9.17, 15) is 9.50 Å². The molecule has 17 heavy (non-hydrogen) atoms. The molecule has 94 valence electrons. The number of hydrogen-bond acceptors (Lipinski definition) is 3. The summed E-state index contributed by atoms with van der Waals surface area (Å²) in [6, 6.07) is 2.92. The van der Waals surface area contributed by atoms with Crippen LogP contribution in [-0.4, -0.2) is 22.2 Å². The third-order valence-corrected chi connectivity index (χ3v) is 3.38. The van der Waals surface area contributed by atoms with E-state index in [4.69, 9.17) is 0 Å². The Balaban J connectivity index is 1.94. The minimum Gasteiger partial charge on any atom is -0.388 e. The maximum Gasteiger partial charge on any atom is 0.165 e. The Bertz CT molecular complexity index is 362. The van der Waals surface area contributed by atoms with Gasteiger partial charge in [0.15, 0.2) is 11.6 Å². The van der Waals surface area contributed by atoms with E-state index >= 15 is 0 Å². The fraction of sp³-hybridized carbons (Fsp3) is 0.615. The van der Waals surface area contributed by atoms with Gasteiger partial charge in [0.1, 0.15) is 0 Å². The molecule has 1 saturated carbocycles. The predicted octanol–water partition coefficient (Wildman–Crippen LogP) is 2.72. The maximum absolute atomic E-state index is 13.3. The molecule has 1 aliphatic rings. The van der Waals surface area contributed by atoms with E-state index in [-0.39, 0.29) is 11.6 Å². The summed E-state index contributed by atoms with van der Waals surface area (Å²) < 4.78 is 13.3. The Morgan fingerprint density at radius 2 is 2.00 bits per heavy atom. The molecule has 0 bridgehead atoms. The molecule has 1 aliphatic carbocycles. The highest BCUT2D eigenvalue weighted by Crippen LogP contribution is 2.27. The lowest BCUT2D eigenvalue weighted by Gasteiger charge is -2.27. The second kappa shape index (κ2) is 5.45. The van der Waals surface area contributed by atoms with Gasteiger partial charge in [-0.1, -0.05) is 25.7 Å². The molecular formula is C13H19FN2O. The first kappa shape index (κ1) is 12.3. The Morgan fingerprint density at radius 3 is 2.65 bits per heavy atom. The molecule has 1 aromatic rings. The SMILES string of the molecule is OC1(CNc2ncccc2F)CCCCCC1. The number of anilines is 1. The van der Waals surface area contributed by atoms with Crippen LogP contribution >= 0.6 is 0 Å². The summed E-state index contributed by atoms with van der Waals surface area (Å²) in [6.07, 6.45) is 7.57. The van der Waals surface area contributed by atoms with Crippen LogP contribution in [0.1, 0.15) is 38.5 Å². The van der Waals surface area contributed by atoms with E-state index in [1.54, 1.807) is 12.3 Å². The summed E-state index contributed by atoms with van der Waals surface area (Å²) in [5.74, 6) is -0.144. The minimum absolute atomic E-state index is 0.227. The molecular weight excluding hydrogens is 219 g/mol. The van der Waals surface area contributed by atoms with Crippen LogP contribution in [0.15, 0.2) is 18.3 Å². The third-order valence-electron chi connectivity index (χ3n) is 3.38. The minimum atomic E-state index is -0.708. The number of nitrogens with zero attached hydrogens (tertiary/aromatic N) is 1. The molecule has 2 rings (SSSR count). The van der Waals surface area contributed by atoms with Crippen molar-refractivity contribution in [2.45, 2.75) is 44.1 Å². The molecule has 2 N–H and O–H groups in total. The molecule has 4 heteroatoms. The van der Waals surface area contributed by atoms with Gasteiger partial charge in [-0.15, -0.1) is 0 Å². The van der Waals surface area contributed by atoms with Gasteiger partial charge in [0.25, 0.3) is 0 Å². The molecule has 3 nitrogen and oxygen atoms in total. The summed E-state index contributed by atoms with van der Waals surface area (Å²) in [7, 11) is 0. The highest BCUT2D eigenvalue weighted by Gasteiger charge is 2.27. The van der Waals surface area contributed by atoms with Crippen molar-refractivity contribution in [2.24, 2.45) is 0 Å². The van der Waals surface area contributed by atoms with Gasteiger partial charge in [-0.05, 0) is 25.0 Å². The number of pyridine rings is 1. The number of aliphatic hydroxyl groups is 1. The standard InChI is InChI=1S/C13H19FN2O/c14-11-6-5-9-15-12(11)16-10-13(17)7-3-1-2-4-8-13/h5-6,9,17H,1-4,7-8,10H2,(H,15,16). The van der Waals surface area contributed by atoms with Gasteiger partial charge in [-0.25, -0.2) is 9.37 Å². The van der Waals surface area contributed by atoms with Crippen LogP contribution in [0.2, 0.25) is 0 Å². The van der Waals surface area contributed by atoms with Crippen LogP contribution in [0.25, 0.3) is 0 Å². The van der Waals surface area contributed by atoms with Crippen molar-refractivity contribution in [3.05, 3.63) is 24.1 Å². The van der Waals surface area contributed by atoms with Crippen molar-refractivity contribution in [2.75, 3.05) is 11.9 Å². The molecule has 0 atom stereocenters. The van der Waals surface area contributed by atoms with Gasteiger partial charge in [-0.3, -0.25) is 0 Å². The lowest BCUT2D eigenvalue weighted by Crippen LogP contribution is -2.36. The molecule has 0 saturated heterocycles. The van der Waals surface area contributed by atoms with Crippen molar-refractivity contribution in [3.63, 3.8) is 0 Å². The molecule has 0 aliphatic heterocycles. The quantitative estimate of drug-likeness (QED) is 0.796. The second-order valence-corrected chi connectivity index (χ2v) is 4.83. The first-order valence-electron chi connectivity index (χ1n) is 6.26. The van der Waals surface area contributed by atoms with E-state index in [1.807, 2.05) is 0 Å². The molecule has 0 unspecified atom stereocenters. The van der Waals surface area contributed by atoms with Gasteiger partial charge in [0.2, 0.25) is 0 Å². The third kappa shape index (κ3) is 3.40. The van der Waals surface area contributed by atoms with Crippen LogP contribution in [-0.2, 0) is 0 Å². The second-order valence-electron chi connectivity index (χ2n) is 4.83. The largest absolute Gasteiger partial charge is 0.388 e. The lowest BCUT2D eigenvalue weighted by atomic mass is 9.94. The van der Waals surface area contributed by atoms with Crippen molar-refractivity contribution < 1.29 is 9.50 Å². The van der Waals surface area contributed by atoms with Crippen molar-refractivity contribution >= 4 is 5.82 Å². The highest BCUT2D eigenvalue weighted by atomic mass is 19.1. The van der Waals surface area contributed by atoms with Crippen molar-refractivity contribution in [1.29, 1.82) is 0 Å². The monoisotopic (exact) mass is 238 g/mol. The summed E-state index contributed by atoms with van der Waals surface area (Å²) >= 11 is 0. The van der Waals surface area contributed by atoms with Crippen molar-refractivity contribution in [1.82, 2.24) is 4.98 Å².